The summed E-state index contributed by atoms with van der Waals surface area (Å²) in [5.74, 6) is 0.914. The van der Waals surface area contributed by atoms with E-state index in [0.29, 0.717) is 46.4 Å². The lowest BCUT2D eigenvalue weighted by atomic mass is 10.2. The first-order valence-electron chi connectivity index (χ1n) is 10.1. The molecule has 0 radical (unpaired) electrons. The first kappa shape index (κ1) is 18.9. The molecular weight excluding hydrogens is 435 g/mol. The molecule has 5 aromatic rings. The van der Waals surface area contributed by atoms with Crippen molar-refractivity contribution in [3.63, 3.8) is 0 Å². The van der Waals surface area contributed by atoms with Crippen LogP contribution in [0.15, 0.2) is 53.7 Å². The number of nitrogens with one attached hydrogen (secondary N) is 1. The number of fused-ring (bicyclic) bond motifs is 2. The molecule has 1 aliphatic rings. The number of aromatic nitrogens is 7. The smallest absolute Gasteiger partial charge is 0.312 e. The number of para-hydroxylation sites is 1. The van der Waals surface area contributed by atoms with Gasteiger partial charge in [-0.25, -0.2) is 9.50 Å². The van der Waals surface area contributed by atoms with Gasteiger partial charge in [-0.2, -0.15) is 19.5 Å². The average molecular weight is 451 g/mol. The molecule has 32 heavy (non-hydrogen) atoms. The number of hydrogen-bond donors (Lipinski definition) is 1. The predicted molar refractivity (Wildman–Crippen MR) is 117 cm³/mol. The van der Waals surface area contributed by atoms with Crippen molar-refractivity contribution >= 4 is 34.1 Å². The Labute approximate surface area is 185 Å². The molecule has 1 aromatic carbocycles. The molecule has 1 atom stereocenters. The molecule has 1 unspecified atom stereocenters. The van der Waals surface area contributed by atoms with E-state index in [-0.39, 0.29) is 17.2 Å². The Morgan fingerprint density at radius 1 is 1.16 bits per heavy atom. The SMILES string of the molecule is O=c1c2c(Cl)ccn2nc(C2CCCN2c2nc(F)nc3nc[nH]c23)n1-c1ccccc1. The van der Waals surface area contributed by atoms with E-state index in [1.165, 1.54) is 10.8 Å². The number of anilines is 1. The highest BCUT2D eigenvalue weighted by Crippen LogP contribution is 2.37. The fraction of sp³-hybridized carbons (Fsp3) is 0.190. The fourth-order valence-corrected chi connectivity index (χ4v) is 4.60. The first-order valence-corrected chi connectivity index (χ1v) is 10.5. The van der Waals surface area contributed by atoms with Gasteiger partial charge < -0.3 is 9.88 Å². The maximum absolute atomic E-state index is 14.2. The maximum atomic E-state index is 14.2. The fourth-order valence-electron chi connectivity index (χ4n) is 4.38. The Kier molecular flexibility index (Phi) is 4.22. The molecule has 0 aliphatic carbocycles. The van der Waals surface area contributed by atoms with E-state index in [9.17, 15) is 9.18 Å². The Morgan fingerprint density at radius 3 is 2.84 bits per heavy atom. The number of imidazole rings is 1. The molecule has 1 N–H and O–H groups in total. The van der Waals surface area contributed by atoms with Crippen molar-refractivity contribution in [2.75, 3.05) is 11.4 Å². The summed E-state index contributed by atoms with van der Waals surface area (Å²) in [4.78, 5) is 30.4. The van der Waals surface area contributed by atoms with Gasteiger partial charge in [0.25, 0.3) is 5.56 Å². The second kappa shape index (κ2) is 7.13. The highest BCUT2D eigenvalue weighted by molar-refractivity contribution is 6.33. The van der Waals surface area contributed by atoms with Gasteiger partial charge in [0.1, 0.15) is 11.0 Å². The minimum atomic E-state index is -0.855. The van der Waals surface area contributed by atoms with Crippen LogP contribution < -0.4 is 10.5 Å². The van der Waals surface area contributed by atoms with Crippen LogP contribution in [0.3, 0.4) is 0 Å². The van der Waals surface area contributed by atoms with E-state index in [2.05, 4.69) is 19.9 Å². The van der Waals surface area contributed by atoms with Crippen LogP contribution in [0.1, 0.15) is 24.7 Å². The highest BCUT2D eigenvalue weighted by atomic mass is 35.5. The molecule has 4 aromatic heterocycles. The number of hydrogen-bond acceptors (Lipinski definition) is 6. The van der Waals surface area contributed by atoms with Crippen molar-refractivity contribution in [2.24, 2.45) is 0 Å². The van der Waals surface area contributed by atoms with Crippen molar-refractivity contribution < 1.29 is 4.39 Å². The third-order valence-corrected chi connectivity index (χ3v) is 6.04. The zero-order chi connectivity index (χ0) is 21.8. The molecule has 9 nitrogen and oxygen atoms in total. The Hall–Kier alpha value is -3.79. The van der Waals surface area contributed by atoms with E-state index in [1.54, 1.807) is 16.8 Å². The topological polar surface area (TPSA) is 97.0 Å². The molecule has 1 fully saturated rings. The maximum Gasteiger partial charge on any atom is 0.312 e. The number of H-pyrrole nitrogens is 1. The standard InChI is InChI=1S/C21H16ClFN8O/c22-13-8-10-30-16(13)20(32)31(12-5-2-1-3-6-12)18(28-30)14-7-4-9-29(14)19-15-17(25-11-24-15)26-21(23)27-19/h1-3,5-6,8,10-11,14H,4,7,9H2,(H,24,25,26,27). The van der Waals surface area contributed by atoms with Crippen LogP contribution in [0, 0.1) is 6.08 Å². The van der Waals surface area contributed by atoms with Gasteiger partial charge in [0.05, 0.1) is 23.1 Å². The number of aromatic amines is 1. The largest absolute Gasteiger partial charge is 0.344 e. The summed E-state index contributed by atoms with van der Waals surface area (Å²) in [6.07, 6.45) is 3.79. The summed E-state index contributed by atoms with van der Waals surface area (Å²) in [6.45, 7) is 0.615. The Balaban J connectivity index is 1.60. The van der Waals surface area contributed by atoms with E-state index >= 15 is 0 Å². The lowest BCUT2D eigenvalue weighted by Crippen LogP contribution is -2.33. The molecule has 0 amide bonds. The zero-order valence-corrected chi connectivity index (χ0v) is 17.4. The molecule has 5 heterocycles. The van der Waals surface area contributed by atoms with Gasteiger partial charge in [-0.1, -0.05) is 29.8 Å². The van der Waals surface area contributed by atoms with Crippen molar-refractivity contribution in [2.45, 2.75) is 18.9 Å². The Morgan fingerprint density at radius 2 is 2.00 bits per heavy atom. The van der Waals surface area contributed by atoms with Crippen LogP contribution in [-0.2, 0) is 0 Å². The van der Waals surface area contributed by atoms with Crippen LogP contribution in [0.2, 0.25) is 5.02 Å². The number of rotatable bonds is 3. The molecular formula is C21H16ClFN8O. The van der Waals surface area contributed by atoms with Crippen LogP contribution in [-0.4, -0.2) is 40.7 Å². The predicted octanol–water partition coefficient (Wildman–Crippen LogP) is 3.29. The van der Waals surface area contributed by atoms with Crippen molar-refractivity contribution in [3.05, 3.63) is 76.2 Å². The quantitative estimate of drug-likeness (QED) is 0.424. The second-order valence-corrected chi connectivity index (χ2v) is 7.97. The van der Waals surface area contributed by atoms with Gasteiger partial charge in [0, 0.05) is 12.7 Å². The van der Waals surface area contributed by atoms with Gasteiger partial charge in [-0.15, -0.1) is 0 Å². The van der Waals surface area contributed by atoms with Gasteiger partial charge in [0.15, 0.2) is 17.3 Å². The van der Waals surface area contributed by atoms with Crippen LogP contribution in [0.25, 0.3) is 22.4 Å². The molecule has 0 bridgehead atoms. The molecule has 1 saturated heterocycles. The molecule has 160 valence electrons. The minimum absolute atomic E-state index is 0.249. The minimum Gasteiger partial charge on any atom is -0.344 e. The average Bonchev–Trinajstić information content (AvgIpc) is 3.53. The molecule has 6 rings (SSSR count). The summed E-state index contributed by atoms with van der Waals surface area (Å²) in [7, 11) is 0. The van der Waals surface area contributed by atoms with Crippen LogP contribution in [0.4, 0.5) is 10.2 Å². The second-order valence-electron chi connectivity index (χ2n) is 7.56. The van der Waals surface area contributed by atoms with Crippen molar-refractivity contribution in [1.82, 2.24) is 34.1 Å². The third kappa shape index (κ3) is 2.79. The molecule has 0 spiro atoms. The van der Waals surface area contributed by atoms with Gasteiger partial charge >= 0.3 is 6.08 Å². The van der Waals surface area contributed by atoms with Crippen molar-refractivity contribution in [3.8, 4) is 5.69 Å². The summed E-state index contributed by atoms with van der Waals surface area (Å²) in [6, 6.07) is 10.6. The van der Waals surface area contributed by atoms with E-state index < -0.39 is 6.08 Å². The molecule has 11 heteroatoms. The van der Waals surface area contributed by atoms with E-state index in [0.717, 1.165) is 6.42 Å². The summed E-state index contributed by atoms with van der Waals surface area (Å²) >= 11 is 6.29. The lowest BCUT2D eigenvalue weighted by Gasteiger charge is -2.27. The summed E-state index contributed by atoms with van der Waals surface area (Å²) < 4.78 is 17.3. The van der Waals surface area contributed by atoms with Gasteiger partial charge in [-0.05, 0) is 31.0 Å². The van der Waals surface area contributed by atoms with Gasteiger partial charge in [-0.3, -0.25) is 9.36 Å². The monoisotopic (exact) mass is 450 g/mol. The van der Waals surface area contributed by atoms with E-state index in [1.807, 2.05) is 35.2 Å². The van der Waals surface area contributed by atoms with Gasteiger partial charge in [0.2, 0.25) is 0 Å². The molecule has 0 saturated carbocycles. The Bertz CT molecular complexity index is 1530. The first-order chi connectivity index (χ1) is 15.6. The lowest BCUT2D eigenvalue weighted by molar-refractivity contribution is 0.537. The summed E-state index contributed by atoms with van der Waals surface area (Å²) in [5.41, 5.74) is 1.49. The third-order valence-electron chi connectivity index (χ3n) is 5.74. The van der Waals surface area contributed by atoms with Crippen LogP contribution in [0.5, 0.6) is 0 Å². The number of nitrogens with zero attached hydrogens (tertiary/aromatic N) is 7. The normalized spacial score (nSPS) is 16.4. The molecule has 1 aliphatic heterocycles. The van der Waals surface area contributed by atoms with Crippen LogP contribution >= 0.6 is 11.6 Å². The summed E-state index contributed by atoms with van der Waals surface area (Å²) in [5, 5.41) is 5.10. The highest BCUT2D eigenvalue weighted by Gasteiger charge is 2.34. The van der Waals surface area contributed by atoms with E-state index in [4.69, 9.17) is 16.7 Å². The zero-order valence-electron chi connectivity index (χ0n) is 16.6. The number of halogens is 2. The van der Waals surface area contributed by atoms with Crippen molar-refractivity contribution in [1.29, 1.82) is 0 Å². The number of benzene rings is 1.